The lowest BCUT2D eigenvalue weighted by Gasteiger charge is -2.42. The molecule has 1 aliphatic rings. The largest absolute Gasteiger partial charge is 0.334 e. The Bertz CT molecular complexity index is 208. The van der Waals surface area contributed by atoms with E-state index in [1.54, 1.807) is 0 Å². The predicted molar refractivity (Wildman–Crippen MR) is 58.3 cm³/mol. The highest BCUT2D eigenvalue weighted by atomic mass is 16.2. The number of carbonyl (C=O) groups excluding carboxylic acids is 1. The fraction of sp³-hybridized carbons (Fsp3) is 0.909. The van der Waals surface area contributed by atoms with E-state index >= 15 is 0 Å². The first kappa shape index (κ1) is 11.3. The van der Waals surface area contributed by atoms with Gasteiger partial charge in [-0.1, -0.05) is 6.92 Å². The van der Waals surface area contributed by atoms with Gasteiger partial charge < -0.3 is 10.6 Å². The van der Waals surface area contributed by atoms with Crippen molar-refractivity contribution in [1.82, 2.24) is 10.6 Å². The van der Waals surface area contributed by atoms with Gasteiger partial charge in [-0.05, 0) is 46.5 Å². The van der Waals surface area contributed by atoms with Crippen LogP contribution in [0.15, 0.2) is 0 Å². The minimum absolute atomic E-state index is 0.0287. The number of nitrogens with one attached hydrogen (secondary N) is 2. The summed E-state index contributed by atoms with van der Waals surface area (Å²) >= 11 is 0. The summed E-state index contributed by atoms with van der Waals surface area (Å²) in [6.45, 7) is 8.11. The standard InChI is InChI=1S/C11H22N2O/c1-5-11(7-6-8-11)13-9(14)12-10(2,3)4/h5-8H2,1-4H3,(H2,12,13,14). The van der Waals surface area contributed by atoms with Crippen LogP contribution in [0.25, 0.3) is 0 Å². The molecule has 0 aromatic carbocycles. The number of hydrogen-bond acceptors (Lipinski definition) is 1. The summed E-state index contributed by atoms with van der Waals surface area (Å²) in [5.41, 5.74) is -0.0574. The molecule has 0 radical (unpaired) electrons. The van der Waals surface area contributed by atoms with E-state index in [0.29, 0.717) is 0 Å². The van der Waals surface area contributed by atoms with Crippen LogP contribution in [0.3, 0.4) is 0 Å². The zero-order valence-corrected chi connectivity index (χ0v) is 9.74. The van der Waals surface area contributed by atoms with Crippen molar-refractivity contribution >= 4 is 6.03 Å². The number of carbonyl (C=O) groups is 1. The third-order valence-corrected chi connectivity index (χ3v) is 2.85. The summed E-state index contributed by atoms with van der Waals surface area (Å²) in [7, 11) is 0. The lowest BCUT2D eigenvalue weighted by atomic mass is 9.75. The van der Waals surface area contributed by atoms with Crippen LogP contribution in [0.2, 0.25) is 0 Å². The summed E-state index contributed by atoms with van der Waals surface area (Å²) in [5, 5.41) is 6.01. The van der Waals surface area contributed by atoms with E-state index in [4.69, 9.17) is 0 Å². The van der Waals surface area contributed by atoms with Gasteiger partial charge >= 0.3 is 6.03 Å². The van der Waals surface area contributed by atoms with E-state index in [2.05, 4.69) is 17.6 Å². The zero-order chi connectivity index (χ0) is 10.8. The molecule has 0 unspecified atom stereocenters. The molecule has 0 heterocycles. The van der Waals surface area contributed by atoms with Crippen LogP contribution in [-0.4, -0.2) is 17.1 Å². The van der Waals surface area contributed by atoms with E-state index in [1.165, 1.54) is 6.42 Å². The molecule has 1 rings (SSSR count). The van der Waals surface area contributed by atoms with Crippen molar-refractivity contribution in [2.45, 2.75) is 64.5 Å². The Morgan fingerprint density at radius 1 is 1.36 bits per heavy atom. The molecule has 2 amide bonds. The number of urea groups is 1. The highest BCUT2D eigenvalue weighted by molar-refractivity contribution is 5.75. The summed E-state index contributed by atoms with van der Waals surface area (Å²) in [6, 6.07) is -0.0287. The summed E-state index contributed by atoms with van der Waals surface area (Å²) in [6.07, 6.45) is 4.52. The van der Waals surface area contributed by atoms with Crippen LogP contribution in [-0.2, 0) is 0 Å². The molecule has 0 atom stereocenters. The number of hydrogen-bond donors (Lipinski definition) is 2. The van der Waals surface area contributed by atoms with Gasteiger partial charge in [-0.3, -0.25) is 0 Å². The zero-order valence-electron chi connectivity index (χ0n) is 9.74. The Balaban J connectivity index is 2.40. The number of amides is 2. The van der Waals surface area contributed by atoms with Crippen molar-refractivity contribution in [3.63, 3.8) is 0 Å². The molecule has 14 heavy (non-hydrogen) atoms. The van der Waals surface area contributed by atoms with E-state index in [1.807, 2.05) is 20.8 Å². The maximum atomic E-state index is 11.6. The minimum atomic E-state index is -0.150. The van der Waals surface area contributed by atoms with Gasteiger partial charge in [0, 0.05) is 11.1 Å². The van der Waals surface area contributed by atoms with Crippen LogP contribution >= 0.6 is 0 Å². The van der Waals surface area contributed by atoms with Gasteiger partial charge in [0.1, 0.15) is 0 Å². The Kier molecular flexibility index (Phi) is 3.07. The second-order valence-corrected chi connectivity index (χ2v) is 5.32. The fourth-order valence-corrected chi connectivity index (χ4v) is 1.78. The first-order valence-electron chi connectivity index (χ1n) is 5.47. The van der Waals surface area contributed by atoms with Crippen LogP contribution < -0.4 is 10.6 Å². The van der Waals surface area contributed by atoms with Crippen molar-refractivity contribution in [1.29, 1.82) is 0 Å². The van der Waals surface area contributed by atoms with E-state index in [-0.39, 0.29) is 17.1 Å². The maximum absolute atomic E-state index is 11.6. The van der Waals surface area contributed by atoms with Crippen molar-refractivity contribution in [2.24, 2.45) is 0 Å². The fourth-order valence-electron chi connectivity index (χ4n) is 1.78. The molecule has 2 N–H and O–H groups in total. The van der Waals surface area contributed by atoms with Crippen LogP contribution in [0.5, 0.6) is 0 Å². The summed E-state index contributed by atoms with van der Waals surface area (Å²) in [4.78, 5) is 11.6. The number of rotatable bonds is 2. The molecule has 3 nitrogen and oxygen atoms in total. The molecule has 3 heteroatoms. The van der Waals surface area contributed by atoms with Crippen molar-refractivity contribution in [3.8, 4) is 0 Å². The normalized spacial score (nSPS) is 19.7. The van der Waals surface area contributed by atoms with Crippen LogP contribution in [0, 0.1) is 0 Å². The molecule has 0 saturated heterocycles. The molecule has 82 valence electrons. The van der Waals surface area contributed by atoms with Gasteiger partial charge in [0.2, 0.25) is 0 Å². The highest BCUT2D eigenvalue weighted by Gasteiger charge is 2.36. The molecule has 0 spiro atoms. The molecule has 1 aliphatic carbocycles. The molecule has 1 saturated carbocycles. The average Bonchev–Trinajstić information content (AvgIpc) is 1.93. The van der Waals surface area contributed by atoms with Gasteiger partial charge in [0.15, 0.2) is 0 Å². The Labute approximate surface area is 86.6 Å². The summed E-state index contributed by atoms with van der Waals surface area (Å²) < 4.78 is 0. The molecule has 1 fully saturated rings. The van der Waals surface area contributed by atoms with Gasteiger partial charge in [-0.15, -0.1) is 0 Å². The highest BCUT2D eigenvalue weighted by Crippen LogP contribution is 2.34. The molecular weight excluding hydrogens is 176 g/mol. The Morgan fingerprint density at radius 2 is 1.93 bits per heavy atom. The van der Waals surface area contributed by atoms with Gasteiger partial charge in [0.05, 0.1) is 0 Å². The topological polar surface area (TPSA) is 41.1 Å². The summed E-state index contributed by atoms with van der Waals surface area (Å²) in [5.74, 6) is 0. The smallest absolute Gasteiger partial charge is 0.315 e. The third kappa shape index (κ3) is 2.89. The molecule has 0 aromatic rings. The van der Waals surface area contributed by atoms with Crippen molar-refractivity contribution in [2.75, 3.05) is 0 Å². The second-order valence-electron chi connectivity index (χ2n) is 5.32. The lowest BCUT2D eigenvalue weighted by molar-refractivity contribution is 0.168. The quantitative estimate of drug-likeness (QED) is 0.703. The van der Waals surface area contributed by atoms with Crippen molar-refractivity contribution < 1.29 is 4.79 Å². The minimum Gasteiger partial charge on any atom is -0.334 e. The van der Waals surface area contributed by atoms with Gasteiger partial charge in [-0.25, -0.2) is 4.79 Å². The monoisotopic (exact) mass is 198 g/mol. The van der Waals surface area contributed by atoms with E-state index in [9.17, 15) is 4.79 Å². The van der Waals surface area contributed by atoms with Gasteiger partial charge in [-0.2, -0.15) is 0 Å². The third-order valence-electron chi connectivity index (χ3n) is 2.85. The molecule has 0 bridgehead atoms. The van der Waals surface area contributed by atoms with Crippen LogP contribution in [0.1, 0.15) is 53.4 Å². The molecular formula is C11H22N2O. The predicted octanol–water partition coefficient (Wildman–Crippen LogP) is 2.42. The maximum Gasteiger partial charge on any atom is 0.315 e. The van der Waals surface area contributed by atoms with Gasteiger partial charge in [0.25, 0.3) is 0 Å². The first-order valence-corrected chi connectivity index (χ1v) is 5.47. The van der Waals surface area contributed by atoms with Crippen molar-refractivity contribution in [3.05, 3.63) is 0 Å². The lowest BCUT2D eigenvalue weighted by Crippen LogP contribution is -2.58. The van der Waals surface area contributed by atoms with E-state index in [0.717, 1.165) is 19.3 Å². The SMILES string of the molecule is CCC1(NC(=O)NC(C)(C)C)CCC1. The molecule has 0 aromatic heterocycles. The first-order chi connectivity index (χ1) is 6.37. The van der Waals surface area contributed by atoms with E-state index < -0.39 is 0 Å². The average molecular weight is 198 g/mol. The Morgan fingerprint density at radius 3 is 2.21 bits per heavy atom. The Hall–Kier alpha value is -0.730. The van der Waals surface area contributed by atoms with Crippen LogP contribution in [0.4, 0.5) is 4.79 Å². The molecule has 0 aliphatic heterocycles. The second kappa shape index (κ2) is 3.79.